The lowest BCUT2D eigenvalue weighted by atomic mass is 10.0. The van der Waals surface area contributed by atoms with Crippen molar-refractivity contribution in [3.05, 3.63) is 89.5 Å². The molecule has 1 N–H and O–H groups in total. The number of nitrogens with one attached hydrogen (secondary N) is 1. The summed E-state index contributed by atoms with van der Waals surface area (Å²) >= 11 is 5.84. The van der Waals surface area contributed by atoms with Crippen molar-refractivity contribution in [3.8, 4) is 11.1 Å². The summed E-state index contributed by atoms with van der Waals surface area (Å²) in [6, 6.07) is 15.3. The number of aromatic nitrogens is 2. The van der Waals surface area contributed by atoms with Crippen molar-refractivity contribution in [2.75, 3.05) is 0 Å². The van der Waals surface area contributed by atoms with Crippen LogP contribution in [0.1, 0.15) is 24.1 Å². The molecule has 26 heavy (non-hydrogen) atoms. The zero-order valence-electron chi connectivity index (χ0n) is 14.3. The molecule has 2 heterocycles. The molecule has 0 fully saturated rings. The van der Waals surface area contributed by atoms with Crippen molar-refractivity contribution < 1.29 is 4.79 Å². The quantitative estimate of drug-likeness (QED) is 0.528. The summed E-state index contributed by atoms with van der Waals surface area (Å²) in [7, 11) is 0. The summed E-state index contributed by atoms with van der Waals surface area (Å²) in [5, 5.41) is 3.44. The Balaban J connectivity index is 1.69. The molecule has 0 bridgehead atoms. The van der Waals surface area contributed by atoms with Gasteiger partial charge in [-0.05, 0) is 54.0 Å². The number of benzene rings is 1. The molecule has 2 aromatic heterocycles. The zero-order chi connectivity index (χ0) is 18.4. The number of carbonyl (C=O) groups excluding carboxylic acids is 1. The van der Waals surface area contributed by atoms with Gasteiger partial charge in [0.2, 0.25) is 5.91 Å². The smallest absolute Gasteiger partial charge is 0.244 e. The third-order valence-electron chi connectivity index (χ3n) is 3.92. The van der Waals surface area contributed by atoms with Gasteiger partial charge in [-0.25, -0.2) is 4.98 Å². The highest BCUT2D eigenvalue weighted by molar-refractivity contribution is 6.29. The Morgan fingerprint density at radius 2 is 2.00 bits per heavy atom. The standard InChI is InChI=1S/C21H18ClN3O/c1-15(25-21(26)10-7-16-4-3-11-23-13-16)17-5-2-6-18(12-17)19-8-9-20(22)24-14-19/h2-15H,1H3,(H,25,26)/b10-7+/t15-/m0/s1. The predicted molar refractivity (Wildman–Crippen MR) is 105 cm³/mol. The van der Waals surface area contributed by atoms with E-state index < -0.39 is 0 Å². The molecule has 0 saturated heterocycles. The van der Waals surface area contributed by atoms with E-state index in [0.29, 0.717) is 5.15 Å². The van der Waals surface area contributed by atoms with Crippen LogP contribution in [0.3, 0.4) is 0 Å². The summed E-state index contributed by atoms with van der Waals surface area (Å²) in [6.45, 7) is 1.95. The number of hydrogen-bond donors (Lipinski definition) is 1. The topological polar surface area (TPSA) is 54.9 Å². The molecule has 3 rings (SSSR count). The van der Waals surface area contributed by atoms with Gasteiger partial charge in [0, 0.05) is 30.2 Å². The Morgan fingerprint density at radius 3 is 2.73 bits per heavy atom. The molecule has 4 nitrogen and oxygen atoms in total. The van der Waals surface area contributed by atoms with E-state index in [0.717, 1.165) is 22.3 Å². The van der Waals surface area contributed by atoms with E-state index in [1.165, 1.54) is 6.08 Å². The molecule has 0 spiro atoms. The second-order valence-electron chi connectivity index (χ2n) is 5.85. The van der Waals surface area contributed by atoms with Gasteiger partial charge in [0.05, 0.1) is 6.04 Å². The lowest BCUT2D eigenvalue weighted by Crippen LogP contribution is -2.24. The van der Waals surface area contributed by atoms with Gasteiger partial charge in [-0.2, -0.15) is 0 Å². The van der Waals surface area contributed by atoms with Crippen molar-refractivity contribution in [2.45, 2.75) is 13.0 Å². The second-order valence-corrected chi connectivity index (χ2v) is 6.23. The largest absolute Gasteiger partial charge is 0.346 e. The first-order valence-electron chi connectivity index (χ1n) is 8.22. The Kier molecular flexibility index (Phi) is 5.77. The van der Waals surface area contributed by atoms with Gasteiger partial charge in [-0.1, -0.05) is 35.9 Å². The van der Waals surface area contributed by atoms with Crippen LogP contribution in [0, 0.1) is 0 Å². The highest BCUT2D eigenvalue weighted by Crippen LogP contribution is 2.23. The molecule has 0 unspecified atom stereocenters. The summed E-state index contributed by atoms with van der Waals surface area (Å²) in [5.41, 5.74) is 3.90. The van der Waals surface area contributed by atoms with Gasteiger partial charge < -0.3 is 5.32 Å². The lowest BCUT2D eigenvalue weighted by Gasteiger charge is -2.14. The van der Waals surface area contributed by atoms with Crippen LogP contribution in [0.25, 0.3) is 17.2 Å². The summed E-state index contributed by atoms with van der Waals surface area (Å²) < 4.78 is 0. The molecule has 1 atom stereocenters. The molecule has 0 saturated carbocycles. The summed E-state index contributed by atoms with van der Waals surface area (Å²) in [4.78, 5) is 20.3. The number of nitrogens with zero attached hydrogens (tertiary/aromatic N) is 2. The molecule has 0 aliphatic heterocycles. The number of pyridine rings is 2. The number of halogens is 1. The average Bonchev–Trinajstić information content (AvgIpc) is 2.68. The van der Waals surface area contributed by atoms with Crippen molar-refractivity contribution in [1.82, 2.24) is 15.3 Å². The van der Waals surface area contributed by atoms with Crippen LogP contribution in [0.15, 0.2) is 73.2 Å². The minimum atomic E-state index is -0.153. The minimum absolute atomic E-state index is 0.124. The zero-order valence-corrected chi connectivity index (χ0v) is 15.0. The van der Waals surface area contributed by atoms with Gasteiger partial charge in [0.25, 0.3) is 0 Å². The first-order valence-corrected chi connectivity index (χ1v) is 8.60. The first kappa shape index (κ1) is 17.8. The first-order chi connectivity index (χ1) is 12.6. The van der Waals surface area contributed by atoms with E-state index in [9.17, 15) is 4.79 Å². The van der Waals surface area contributed by atoms with E-state index in [2.05, 4.69) is 15.3 Å². The molecule has 0 aliphatic rings. The Bertz CT molecular complexity index is 908. The monoisotopic (exact) mass is 363 g/mol. The predicted octanol–water partition coefficient (Wildman–Crippen LogP) is 4.69. The minimum Gasteiger partial charge on any atom is -0.346 e. The van der Waals surface area contributed by atoms with Crippen LogP contribution in [0.4, 0.5) is 0 Å². The van der Waals surface area contributed by atoms with E-state index in [4.69, 9.17) is 11.6 Å². The van der Waals surface area contributed by atoms with Crippen molar-refractivity contribution in [1.29, 1.82) is 0 Å². The third-order valence-corrected chi connectivity index (χ3v) is 4.14. The van der Waals surface area contributed by atoms with Gasteiger partial charge >= 0.3 is 0 Å². The molecule has 0 aliphatic carbocycles. The molecule has 5 heteroatoms. The molecule has 1 aromatic carbocycles. The average molecular weight is 364 g/mol. The van der Waals surface area contributed by atoms with Gasteiger partial charge in [-0.3, -0.25) is 9.78 Å². The van der Waals surface area contributed by atoms with E-state index in [-0.39, 0.29) is 11.9 Å². The molecule has 0 radical (unpaired) electrons. The van der Waals surface area contributed by atoms with Crippen LogP contribution < -0.4 is 5.32 Å². The number of rotatable bonds is 5. The Hall–Kier alpha value is -2.98. The molecule has 130 valence electrons. The van der Waals surface area contributed by atoms with Gasteiger partial charge in [0.15, 0.2) is 0 Å². The van der Waals surface area contributed by atoms with Crippen LogP contribution >= 0.6 is 11.6 Å². The maximum Gasteiger partial charge on any atom is 0.244 e. The SMILES string of the molecule is C[C@H](NC(=O)/C=C/c1cccnc1)c1cccc(-c2ccc(Cl)nc2)c1. The fraction of sp³-hybridized carbons (Fsp3) is 0.0952. The van der Waals surface area contributed by atoms with Crippen molar-refractivity contribution in [3.63, 3.8) is 0 Å². The number of carbonyl (C=O) groups is 1. The highest BCUT2D eigenvalue weighted by Gasteiger charge is 2.09. The molecular weight excluding hydrogens is 346 g/mol. The summed E-state index contributed by atoms with van der Waals surface area (Å²) in [5.74, 6) is -0.153. The molecule has 3 aromatic rings. The van der Waals surface area contributed by atoms with E-state index >= 15 is 0 Å². The van der Waals surface area contributed by atoms with E-state index in [1.807, 2.05) is 49.4 Å². The lowest BCUT2D eigenvalue weighted by molar-refractivity contribution is -0.117. The van der Waals surface area contributed by atoms with Gasteiger partial charge in [-0.15, -0.1) is 0 Å². The fourth-order valence-electron chi connectivity index (χ4n) is 2.53. The van der Waals surface area contributed by atoms with Crippen molar-refractivity contribution in [2.24, 2.45) is 0 Å². The van der Waals surface area contributed by atoms with Crippen molar-refractivity contribution >= 4 is 23.6 Å². The Morgan fingerprint density at radius 1 is 1.12 bits per heavy atom. The second kappa shape index (κ2) is 8.41. The number of hydrogen-bond acceptors (Lipinski definition) is 3. The van der Waals surface area contributed by atoms with Crippen LogP contribution in [0.5, 0.6) is 0 Å². The normalized spacial score (nSPS) is 12.1. The van der Waals surface area contributed by atoms with E-state index in [1.54, 1.807) is 30.7 Å². The fourth-order valence-corrected chi connectivity index (χ4v) is 2.64. The third kappa shape index (κ3) is 4.77. The highest BCUT2D eigenvalue weighted by atomic mass is 35.5. The summed E-state index contributed by atoms with van der Waals surface area (Å²) in [6.07, 6.45) is 8.40. The van der Waals surface area contributed by atoms with Crippen LogP contribution in [-0.4, -0.2) is 15.9 Å². The van der Waals surface area contributed by atoms with Crippen LogP contribution in [-0.2, 0) is 4.79 Å². The molecule has 1 amide bonds. The molecular formula is C21H18ClN3O. The maximum absolute atomic E-state index is 12.1. The Labute approximate surface area is 157 Å². The van der Waals surface area contributed by atoms with Gasteiger partial charge in [0.1, 0.15) is 5.15 Å². The maximum atomic E-state index is 12.1. The number of amides is 1. The van der Waals surface area contributed by atoms with Crippen LogP contribution in [0.2, 0.25) is 5.15 Å².